The van der Waals surface area contributed by atoms with Crippen LogP contribution in [0.3, 0.4) is 0 Å². The lowest BCUT2D eigenvalue weighted by atomic mass is 10.1. The number of alkyl carbamates (subject to hydrolysis) is 1. The summed E-state index contributed by atoms with van der Waals surface area (Å²) < 4.78 is 10.2. The molecule has 2 heterocycles. The highest BCUT2D eigenvalue weighted by Crippen LogP contribution is 2.14. The molecule has 2 aromatic carbocycles. The van der Waals surface area contributed by atoms with E-state index < -0.39 is 17.7 Å². The minimum absolute atomic E-state index is 0.205. The summed E-state index contributed by atoms with van der Waals surface area (Å²) in [6.07, 6.45) is 4.65. The van der Waals surface area contributed by atoms with Crippen LogP contribution in [-0.4, -0.2) is 52.5 Å². The van der Waals surface area contributed by atoms with E-state index in [1.807, 2.05) is 26.0 Å². The van der Waals surface area contributed by atoms with E-state index in [0.29, 0.717) is 6.42 Å². The van der Waals surface area contributed by atoms with Crippen molar-refractivity contribution in [3.63, 3.8) is 0 Å². The van der Waals surface area contributed by atoms with Crippen LogP contribution in [0.2, 0.25) is 0 Å². The summed E-state index contributed by atoms with van der Waals surface area (Å²) in [7, 11) is 0. The fourth-order valence-electron chi connectivity index (χ4n) is 4.30. The van der Waals surface area contributed by atoms with Gasteiger partial charge in [-0.1, -0.05) is 48.5 Å². The van der Waals surface area contributed by atoms with Gasteiger partial charge >= 0.3 is 12.1 Å². The van der Waals surface area contributed by atoms with Crippen molar-refractivity contribution in [3.8, 4) is 0 Å². The normalized spacial score (nSPS) is 11.0. The van der Waals surface area contributed by atoms with Gasteiger partial charge in [-0.05, 0) is 89.0 Å². The Labute approximate surface area is 274 Å². The summed E-state index contributed by atoms with van der Waals surface area (Å²) in [4.78, 5) is 32.1. The molecule has 242 valence electrons. The number of nitrogens with zero attached hydrogens (tertiary/aromatic N) is 2. The topological polar surface area (TPSA) is 111 Å². The van der Waals surface area contributed by atoms with Gasteiger partial charge in [-0.3, -0.25) is 4.79 Å². The molecule has 10 heteroatoms. The van der Waals surface area contributed by atoms with Gasteiger partial charge in [0.1, 0.15) is 12.1 Å². The predicted molar refractivity (Wildman–Crippen MR) is 181 cm³/mol. The van der Waals surface area contributed by atoms with Gasteiger partial charge in [0.25, 0.3) is 0 Å². The number of aryl methyl sites for hydroxylation is 6. The molecular formula is C35H45N3O5S2. The number of thiazole rings is 2. The van der Waals surface area contributed by atoms with Gasteiger partial charge in [0.2, 0.25) is 0 Å². The molecule has 0 atom stereocenters. The van der Waals surface area contributed by atoms with Gasteiger partial charge in [-0.25, -0.2) is 14.8 Å². The van der Waals surface area contributed by atoms with Crippen LogP contribution in [0, 0.1) is 13.8 Å². The largest absolute Gasteiger partial charge is 0.459 e. The van der Waals surface area contributed by atoms with Crippen molar-refractivity contribution < 1.29 is 24.2 Å². The molecule has 0 aliphatic rings. The van der Waals surface area contributed by atoms with Crippen molar-refractivity contribution in [2.45, 2.75) is 78.7 Å². The summed E-state index contributed by atoms with van der Waals surface area (Å²) >= 11 is 3.39. The first-order valence-electron chi connectivity index (χ1n) is 15.2. The van der Waals surface area contributed by atoms with Crippen LogP contribution in [0.15, 0.2) is 59.3 Å². The first-order valence-corrected chi connectivity index (χ1v) is 17.0. The van der Waals surface area contributed by atoms with Crippen molar-refractivity contribution in [1.82, 2.24) is 15.3 Å². The summed E-state index contributed by atoms with van der Waals surface area (Å²) in [6.45, 7) is 9.64. The fourth-order valence-corrected chi connectivity index (χ4v) is 5.59. The SMILES string of the molecule is Cc1nc(CCc2ccc(CCO)cc2)cs1.Cc1nc(CCc2ccc(CCOC(=O)NCC(=O)OC(C)(C)C)cc2)cs1. The monoisotopic (exact) mass is 651 g/mol. The van der Waals surface area contributed by atoms with Crippen LogP contribution in [0.4, 0.5) is 4.79 Å². The number of benzene rings is 2. The maximum Gasteiger partial charge on any atom is 0.407 e. The minimum Gasteiger partial charge on any atom is -0.459 e. The number of carbonyl (C=O) groups is 2. The first kappa shape index (κ1) is 35.9. The molecule has 1 amide bonds. The Balaban J connectivity index is 0.000000276. The highest BCUT2D eigenvalue weighted by atomic mass is 32.1. The van der Waals surface area contributed by atoms with E-state index in [9.17, 15) is 9.59 Å². The zero-order valence-electron chi connectivity index (χ0n) is 26.9. The summed E-state index contributed by atoms with van der Waals surface area (Å²) in [6, 6.07) is 16.8. The quantitative estimate of drug-likeness (QED) is 0.156. The molecule has 0 saturated carbocycles. The number of nitrogens with one attached hydrogen (secondary N) is 1. The van der Waals surface area contributed by atoms with Gasteiger partial charge in [-0.2, -0.15) is 0 Å². The third-order valence-electron chi connectivity index (χ3n) is 6.54. The Morgan fingerprint density at radius 2 is 1.18 bits per heavy atom. The van der Waals surface area contributed by atoms with Gasteiger partial charge < -0.3 is 19.9 Å². The van der Waals surface area contributed by atoms with E-state index in [4.69, 9.17) is 14.6 Å². The summed E-state index contributed by atoms with van der Waals surface area (Å²) in [5.74, 6) is -0.493. The Morgan fingerprint density at radius 1 is 0.733 bits per heavy atom. The van der Waals surface area contributed by atoms with Crippen LogP contribution >= 0.6 is 22.7 Å². The number of carbonyl (C=O) groups excluding carboxylic acids is 2. The molecule has 0 radical (unpaired) electrons. The molecule has 0 spiro atoms. The number of hydrogen-bond acceptors (Lipinski definition) is 9. The average molecular weight is 652 g/mol. The lowest BCUT2D eigenvalue weighted by molar-refractivity contribution is -0.153. The van der Waals surface area contributed by atoms with Crippen LogP contribution in [0.5, 0.6) is 0 Å². The molecule has 8 nitrogen and oxygen atoms in total. The Kier molecular flexibility index (Phi) is 14.7. The zero-order valence-corrected chi connectivity index (χ0v) is 28.6. The van der Waals surface area contributed by atoms with Crippen molar-refractivity contribution in [2.24, 2.45) is 0 Å². The van der Waals surface area contributed by atoms with E-state index in [1.165, 1.54) is 22.4 Å². The van der Waals surface area contributed by atoms with Crippen molar-refractivity contribution in [3.05, 3.63) is 103 Å². The van der Waals surface area contributed by atoms with Crippen LogP contribution in [0.1, 0.15) is 64.4 Å². The number of aliphatic hydroxyl groups is 1. The number of ether oxygens (including phenoxy) is 2. The smallest absolute Gasteiger partial charge is 0.407 e. The lowest BCUT2D eigenvalue weighted by Crippen LogP contribution is -2.35. The van der Waals surface area contributed by atoms with Gasteiger partial charge in [-0.15, -0.1) is 22.7 Å². The van der Waals surface area contributed by atoms with Gasteiger partial charge in [0.05, 0.1) is 28.0 Å². The molecule has 4 rings (SSSR count). The maximum atomic E-state index is 11.6. The maximum absolute atomic E-state index is 11.6. The second-order valence-electron chi connectivity index (χ2n) is 11.6. The summed E-state index contributed by atoms with van der Waals surface area (Å²) in [5, 5.41) is 17.7. The summed E-state index contributed by atoms with van der Waals surface area (Å²) in [5.41, 5.74) is 6.62. The molecule has 0 fully saturated rings. The minimum atomic E-state index is -0.624. The molecule has 0 saturated heterocycles. The second-order valence-corrected chi connectivity index (χ2v) is 13.8. The molecule has 0 aliphatic carbocycles. The third-order valence-corrected chi connectivity index (χ3v) is 8.18. The number of amides is 1. The molecule has 0 bridgehead atoms. The second kappa shape index (κ2) is 18.4. The van der Waals surface area contributed by atoms with E-state index in [0.717, 1.165) is 53.4 Å². The van der Waals surface area contributed by atoms with Crippen molar-refractivity contribution in [1.29, 1.82) is 0 Å². The molecule has 0 unspecified atom stereocenters. The Bertz CT molecular complexity index is 1460. The highest BCUT2D eigenvalue weighted by Gasteiger charge is 2.17. The molecule has 2 aromatic heterocycles. The average Bonchev–Trinajstić information content (AvgIpc) is 3.62. The molecule has 45 heavy (non-hydrogen) atoms. The standard InChI is InChI=1S/C21H28N2O4S.C14H17NOS/c1-15-23-18(14-28-15)10-9-16-5-7-17(8-6-16)11-12-26-20(25)22-13-19(24)27-21(2,3)4;1-11-15-14(10-17-11)7-6-12-2-4-13(5-3-12)8-9-16/h5-8,14H,9-13H2,1-4H3,(H,22,25);2-5,10,16H,6-9H2,1H3. The Morgan fingerprint density at radius 3 is 1.58 bits per heavy atom. The number of hydrogen-bond donors (Lipinski definition) is 2. The molecule has 2 N–H and O–H groups in total. The van der Waals surface area contributed by atoms with E-state index >= 15 is 0 Å². The molecule has 0 aliphatic heterocycles. The lowest BCUT2D eigenvalue weighted by Gasteiger charge is -2.19. The Hall–Kier alpha value is -3.60. The van der Waals surface area contributed by atoms with E-state index in [1.54, 1.807) is 43.4 Å². The third kappa shape index (κ3) is 14.8. The van der Waals surface area contributed by atoms with E-state index in [2.05, 4.69) is 62.4 Å². The first-order chi connectivity index (χ1) is 21.5. The van der Waals surface area contributed by atoms with Gasteiger partial charge in [0, 0.05) is 23.8 Å². The van der Waals surface area contributed by atoms with Gasteiger partial charge in [0.15, 0.2) is 0 Å². The fraction of sp³-hybridized carbons (Fsp3) is 0.429. The van der Waals surface area contributed by atoms with Crippen LogP contribution in [0.25, 0.3) is 0 Å². The van der Waals surface area contributed by atoms with Crippen LogP contribution in [-0.2, 0) is 52.8 Å². The number of esters is 1. The van der Waals surface area contributed by atoms with Crippen molar-refractivity contribution in [2.75, 3.05) is 19.8 Å². The number of aliphatic hydroxyl groups excluding tert-OH is 1. The van der Waals surface area contributed by atoms with E-state index in [-0.39, 0.29) is 19.8 Å². The zero-order chi connectivity index (χ0) is 32.7. The highest BCUT2D eigenvalue weighted by molar-refractivity contribution is 7.09. The number of aromatic nitrogens is 2. The molecule has 4 aromatic rings. The molecular weight excluding hydrogens is 607 g/mol. The van der Waals surface area contributed by atoms with Crippen LogP contribution < -0.4 is 5.32 Å². The number of rotatable bonds is 13. The van der Waals surface area contributed by atoms with Crippen molar-refractivity contribution >= 4 is 34.7 Å². The predicted octanol–water partition coefficient (Wildman–Crippen LogP) is 6.62.